The Morgan fingerprint density at radius 1 is 1.09 bits per heavy atom. The molecule has 4 aromatic rings. The third-order valence-electron chi connectivity index (χ3n) is 7.02. The zero-order valence-corrected chi connectivity index (χ0v) is 25.4. The number of methoxy groups -OCH3 is 1. The van der Waals surface area contributed by atoms with Gasteiger partial charge in [0, 0.05) is 25.4 Å². The van der Waals surface area contributed by atoms with Gasteiger partial charge in [-0.25, -0.2) is 14.8 Å². The van der Waals surface area contributed by atoms with Gasteiger partial charge in [-0.1, -0.05) is 31.5 Å². The number of fused-ring (bicyclic) bond motifs is 1. The summed E-state index contributed by atoms with van der Waals surface area (Å²) in [7, 11) is 3.20. The summed E-state index contributed by atoms with van der Waals surface area (Å²) in [6, 6.07) is 17.6. The van der Waals surface area contributed by atoms with E-state index in [4.69, 9.17) is 24.9 Å². The average molecular weight is 603 g/mol. The first kappa shape index (κ1) is 32.0. The molecule has 2 heterocycles. The van der Waals surface area contributed by atoms with Crippen LogP contribution < -0.4 is 20.7 Å². The van der Waals surface area contributed by atoms with Crippen molar-refractivity contribution in [3.05, 3.63) is 83.8 Å². The molecule has 232 valence electrons. The summed E-state index contributed by atoms with van der Waals surface area (Å²) in [4.78, 5) is 47.8. The SMILES string of the molecule is CCCCOC(=O)NC(N)c1ccc(OC(C)c2nc3cc(C(=O)N(CCC(=O)OC)c4ccccn4)ccc3n2C)cc1. The monoisotopic (exact) mass is 602 g/mol. The van der Waals surface area contributed by atoms with Crippen LogP contribution >= 0.6 is 0 Å². The Morgan fingerprint density at radius 3 is 2.55 bits per heavy atom. The molecule has 2 amide bonds. The molecule has 2 aromatic heterocycles. The number of ether oxygens (including phenoxy) is 3. The van der Waals surface area contributed by atoms with E-state index in [1.807, 2.05) is 31.5 Å². The molecule has 0 spiro atoms. The molecule has 2 unspecified atom stereocenters. The number of carbonyl (C=O) groups is 3. The number of aromatic nitrogens is 3. The number of hydrogen-bond acceptors (Lipinski definition) is 9. The molecule has 0 fully saturated rings. The van der Waals surface area contributed by atoms with Crippen LogP contribution in [0.5, 0.6) is 5.75 Å². The van der Waals surface area contributed by atoms with E-state index in [2.05, 4.69) is 10.3 Å². The number of aryl methyl sites for hydroxylation is 1. The maximum Gasteiger partial charge on any atom is 0.408 e. The van der Waals surface area contributed by atoms with Gasteiger partial charge in [-0.2, -0.15) is 0 Å². The number of alkyl carbamates (subject to hydrolysis) is 1. The summed E-state index contributed by atoms with van der Waals surface area (Å²) < 4.78 is 18.0. The van der Waals surface area contributed by atoms with Gasteiger partial charge in [-0.3, -0.25) is 14.5 Å². The van der Waals surface area contributed by atoms with Crippen molar-refractivity contribution in [1.82, 2.24) is 19.9 Å². The first-order chi connectivity index (χ1) is 21.2. The molecule has 0 aliphatic rings. The Bertz CT molecular complexity index is 1570. The first-order valence-electron chi connectivity index (χ1n) is 14.4. The van der Waals surface area contributed by atoms with Gasteiger partial charge in [0.1, 0.15) is 17.7 Å². The lowest BCUT2D eigenvalue weighted by Crippen LogP contribution is -2.34. The number of nitrogens with two attached hydrogens (primary N) is 1. The number of imidazole rings is 1. The minimum absolute atomic E-state index is 0.0265. The summed E-state index contributed by atoms with van der Waals surface area (Å²) in [5.74, 6) is 0.953. The summed E-state index contributed by atoms with van der Waals surface area (Å²) in [6.07, 6.45) is 1.63. The quantitative estimate of drug-likeness (QED) is 0.125. The molecule has 0 bridgehead atoms. The van der Waals surface area contributed by atoms with Crippen LogP contribution in [0, 0.1) is 0 Å². The van der Waals surface area contributed by atoms with Gasteiger partial charge in [0.05, 0.1) is 31.2 Å². The van der Waals surface area contributed by atoms with Gasteiger partial charge in [0.2, 0.25) is 0 Å². The number of esters is 1. The number of rotatable bonds is 13. The molecule has 0 radical (unpaired) electrons. The molecule has 0 saturated heterocycles. The number of hydrogen-bond donors (Lipinski definition) is 2. The predicted octanol–water partition coefficient (Wildman–Crippen LogP) is 4.80. The third-order valence-corrected chi connectivity index (χ3v) is 7.02. The first-order valence-corrected chi connectivity index (χ1v) is 14.4. The van der Waals surface area contributed by atoms with Crippen molar-refractivity contribution in [2.24, 2.45) is 12.8 Å². The van der Waals surface area contributed by atoms with Gasteiger partial charge in [0.25, 0.3) is 5.91 Å². The van der Waals surface area contributed by atoms with E-state index in [-0.39, 0.29) is 18.9 Å². The van der Waals surface area contributed by atoms with Gasteiger partial charge in [-0.05, 0) is 61.4 Å². The second-order valence-corrected chi connectivity index (χ2v) is 10.1. The second-order valence-electron chi connectivity index (χ2n) is 10.1. The molecule has 12 nitrogen and oxygen atoms in total. The third kappa shape index (κ3) is 7.90. The summed E-state index contributed by atoms with van der Waals surface area (Å²) in [5, 5.41) is 2.62. The van der Waals surface area contributed by atoms with Crippen molar-refractivity contribution in [2.45, 2.75) is 45.4 Å². The van der Waals surface area contributed by atoms with Gasteiger partial charge in [0.15, 0.2) is 11.9 Å². The molecular formula is C32H38N6O6. The number of anilines is 1. The molecule has 3 N–H and O–H groups in total. The van der Waals surface area contributed by atoms with Crippen LogP contribution in [0.4, 0.5) is 10.6 Å². The van der Waals surface area contributed by atoms with Crippen LogP contribution in [0.25, 0.3) is 11.0 Å². The molecule has 4 rings (SSSR count). The van der Waals surface area contributed by atoms with Crippen LogP contribution in [0.15, 0.2) is 66.9 Å². The lowest BCUT2D eigenvalue weighted by molar-refractivity contribution is -0.140. The second kappa shape index (κ2) is 15.0. The fraction of sp³-hybridized carbons (Fsp3) is 0.344. The molecule has 0 aliphatic carbocycles. The fourth-order valence-electron chi connectivity index (χ4n) is 4.58. The van der Waals surface area contributed by atoms with Gasteiger partial charge >= 0.3 is 12.1 Å². The Labute approximate surface area is 256 Å². The Balaban J connectivity index is 1.47. The number of pyridine rings is 1. The van der Waals surface area contributed by atoms with E-state index in [9.17, 15) is 14.4 Å². The highest BCUT2D eigenvalue weighted by molar-refractivity contribution is 6.07. The molecule has 44 heavy (non-hydrogen) atoms. The van der Waals surface area contributed by atoms with Crippen LogP contribution in [-0.4, -0.2) is 52.8 Å². The number of nitrogens with one attached hydrogen (secondary N) is 1. The smallest absolute Gasteiger partial charge is 0.408 e. The van der Waals surface area contributed by atoms with Crippen LogP contribution in [-0.2, 0) is 21.3 Å². The highest BCUT2D eigenvalue weighted by Gasteiger charge is 2.23. The van der Waals surface area contributed by atoms with Crippen molar-refractivity contribution in [3.8, 4) is 5.75 Å². The van der Waals surface area contributed by atoms with E-state index in [1.165, 1.54) is 12.0 Å². The molecule has 0 aliphatic heterocycles. The maximum atomic E-state index is 13.6. The summed E-state index contributed by atoms with van der Waals surface area (Å²) >= 11 is 0. The predicted molar refractivity (Wildman–Crippen MR) is 165 cm³/mol. The highest BCUT2D eigenvalue weighted by atomic mass is 16.5. The molecule has 0 saturated carbocycles. The largest absolute Gasteiger partial charge is 0.483 e. The average Bonchev–Trinajstić information content (AvgIpc) is 3.37. The summed E-state index contributed by atoms with van der Waals surface area (Å²) in [6.45, 7) is 4.36. The standard InChI is InChI=1S/C32H38N6O6/c1-5-6-19-43-32(41)36-29(33)22-10-13-24(14-11-22)44-21(2)30-35-25-20-23(12-15-26(25)37(30)3)31(40)38(18-16-28(39)42-4)27-9-7-8-17-34-27/h7-15,17,20-21,29H,5-6,16,18-19,33H2,1-4H3,(H,36,41). The number of unbranched alkanes of at least 4 members (excludes halogenated alkanes) is 1. The molecule has 2 atom stereocenters. The zero-order chi connectivity index (χ0) is 31.6. The van der Waals surface area contributed by atoms with Gasteiger partial charge < -0.3 is 29.8 Å². The van der Waals surface area contributed by atoms with Crippen molar-refractivity contribution < 1.29 is 28.6 Å². The van der Waals surface area contributed by atoms with Crippen molar-refractivity contribution in [3.63, 3.8) is 0 Å². The van der Waals surface area contributed by atoms with E-state index >= 15 is 0 Å². The van der Waals surface area contributed by atoms with Crippen molar-refractivity contribution in [1.29, 1.82) is 0 Å². The van der Waals surface area contributed by atoms with E-state index in [0.717, 1.165) is 18.4 Å². The maximum absolute atomic E-state index is 13.6. The lowest BCUT2D eigenvalue weighted by atomic mass is 10.1. The minimum atomic E-state index is -0.721. The number of amides is 2. The number of carbonyl (C=O) groups excluding carboxylic acids is 3. The van der Waals surface area contributed by atoms with E-state index in [1.54, 1.807) is 60.8 Å². The number of benzene rings is 2. The van der Waals surface area contributed by atoms with Gasteiger partial charge in [-0.15, -0.1) is 0 Å². The van der Waals surface area contributed by atoms with E-state index < -0.39 is 24.3 Å². The van der Waals surface area contributed by atoms with Crippen LogP contribution in [0.3, 0.4) is 0 Å². The fourth-order valence-corrected chi connectivity index (χ4v) is 4.58. The highest BCUT2D eigenvalue weighted by Crippen LogP contribution is 2.26. The molecule has 12 heteroatoms. The Hall–Kier alpha value is -4.97. The lowest BCUT2D eigenvalue weighted by Gasteiger charge is -2.21. The van der Waals surface area contributed by atoms with E-state index in [0.29, 0.717) is 40.6 Å². The Morgan fingerprint density at radius 2 is 1.86 bits per heavy atom. The van der Waals surface area contributed by atoms with Crippen molar-refractivity contribution in [2.75, 3.05) is 25.2 Å². The zero-order valence-electron chi connectivity index (χ0n) is 25.4. The topological polar surface area (TPSA) is 151 Å². The van der Waals surface area contributed by atoms with Crippen LogP contribution in [0.2, 0.25) is 0 Å². The summed E-state index contributed by atoms with van der Waals surface area (Å²) in [5.41, 5.74) is 8.66. The van der Waals surface area contributed by atoms with Crippen molar-refractivity contribution >= 4 is 34.8 Å². The molecular weight excluding hydrogens is 564 g/mol. The molecule has 2 aromatic carbocycles. The minimum Gasteiger partial charge on any atom is -0.483 e. The van der Waals surface area contributed by atoms with Crippen LogP contribution in [0.1, 0.15) is 67.1 Å². The number of nitrogens with zero attached hydrogens (tertiary/aromatic N) is 4. The normalized spacial score (nSPS) is 12.3. The Kier molecular flexibility index (Phi) is 10.9.